The average Bonchev–Trinajstić information content (AvgIpc) is 2.65. The third-order valence-corrected chi connectivity index (χ3v) is 4.90. The molecule has 0 spiro atoms. The number of benzene rings is 1. The quantitative estimate of drug-likeness (QED) is 0.392. The Morgan fingerprint density at radius 1 is 1.04 bits per heavy atom. The van der Waals surface area contributed by atoms with Crippen LogP contribution in [0.2, 0.25) is 0 Å². The maximum absolute atomic E-state index is 10.7. The molecule has 0 atom stereocenters. The zero-order valence-electron chi connectivity index (χ0n) is 19.2. The Hall–Kier alpha value is -1.64. The van der Waals surface area contributed by atoms with Crippen LogP contribution in [0.3, 0.4) is 0 Å². The van der Waals surface area contributed by atoms with E-state index in [0.29, 0.717) is 0 Å². The van der Waals surface area contributed by atoms with Crippen LogP contribution in [0.4, 0.5) is 5.69 Å². The Labute approximate surface area is 173 Å². The van der Waals surface area contributed by atoms with Gasteiger partial charge >= 0.3 is 5.97 Å². The van der Waals surface area contributed by atoms with E-state index < -0.39 is 5.97 Å². The molecule has 2 rings (SSSR count). The van der Waals surface area contributed by atoms with Crippen molar-refractivity contribution in [2.75, 3.05) is 0 Å². The summed E-state index contributed by atoms with van der Waals surface area (Å²) >= 11 is 0. The molecule has 0 bridgehead atoms. The molecule has 1 aromatic rings. The van der Waals surface area contributed by atoms with Gasteiger partial charge < -0.3 is 5.11 Å². The van der Waals surface area contributed by atoms with Gasteiger partial charge in [-0.15, -0.1) is 0 Å². The SMILES string of the molecule is CC(C)=Nc1cc(C(=O)O)ccc1C.CC1CCCCC1.CCCCCCC. The lowest BCUT2D eigenvalue weighted by atomic mass is 9.91. The predicted molar refractivity (Wildman–Crippen MR) is 123 cm³/mol. The van der Waals surface area contributed by atoms with Crippen molar-refractivity contribution in [3.63, 3.8) is 0 Å². The lowest BCUT2D eigenvalue weighted by Gasteiger charge is -2.15. The van der Waals surface area contributed by atoms with Gasteiger partial charge in [-0.1, -0.05) is 91.0 Å². The van der Waals surface area contributed by atoms with Crippen molar-refractivity contribution in [1.29, 1.82) is 0 Å². The molecule has 0 unspecified atom stereocenters. The molecule has 1 aliphatic rings. The van der Waals surface area contributed by atoms with Gasteiger partial charge in [-0.3, -0.25) is 4.99 Å². The molecule has 0 aromatic heterocycles. The molecule has 1 saturated carbocycles. The highest BCUT2D eigenvalue weighted by molar-refractivity contribution is 5.90. The molecule has 0 saturated heterocycles. The zero-order chi connectivity index (χ0) is 21.4. The van der Waals surface area contributed by atoms with Crippen LogP contribution in [0.25, 0.3) is 0 Å². The summed E-state index contributed by atoms with van der Waals surface area (Å²) in [5, 5.41) is 8.79. The molecule has 28 heavy (non-hydrogen) atoms. The van der Waals surface area contributed by atoms with Crippen LogP contribution in [0.15, 0.2) is 23.2 Å². The van der Waals surface area contributed by atoms with Gasteiger partial charge in [0, 0.05) is 5.71 Å². The lowest BCUT2D eigenvalue weighted by molar-refractivity contribution is 0.0697. The van der Waals surface area contributed by atoms with E-state index in [1.807, 2.05) is 20.8 Å². The number of aryl methyl sites for hydroxylation is 1. The first kappa shape index (κ1) is 26.4. The molecule has 160 valence electrons. The average molecular weight is 390 g/mol. The van der Waals surface area contributed by atoms with Crippen molar-refractivity contribution >= 4 is 17.4 Å². The number of hydrogen-bond acceptors (Lipinski definition) is 2. The Bertz CT molecular complexity index is 564. The molecule has 0 radical (unpaired) electrons. The summed E-state index contributed by atoms with van der Waals surface area (Å²) in [4.78, 5) is 15.0. The Kier molecular flexibility index (Phi) is 15.4. The van der Waals surface area contributed by atoms with Crippen LogP contribution >= 0.6 is 0 Å². The van der Waals surface area contributed by atoms with Gasteiger partial charge in [0.1, 0.15) is 0 Å². The fourth-order valence-corrected chi connectivity index (χ4v) is 3.09. The van der Waals surface area contributed by atoms with E-state index in [0.717, 1.165) is 22.9 Å². The van der Waals surface area contributed by atoms with Crippen LogP contribution in [0.5, 0.6) is 0 Å². The van der Waals surface area contributed by atoms with Gasteiger partial charge in [0.2, 0.25) is 0 Å². The predicted octanol–water partition coefficient (Wildman–Crippen LogP) is 8.37. The van der Waals surface area contributed by atoms with Gasteiger partial charge in [-0.05, 0) is 44.4 Å². The number of unbranched alkanes of at least 4 members (excludes halogenated alkanes) is 4. The van der Waals surface area contributed by atoms with Crippen molar-refractivity contribution in [3.8, 4) is 0 Å². The monoisotopic (exact) mass is 389 g/mol. The van der Waals surface area contributed by atoms with Gasteiger partial charge in [0.25, 0.3) is 0 Å². The van der Waals surface area contributed by atoms with Gasteiger partial charge in [-0.25, -0.2) is 4.79 Å². The van der Waals surface area contributed by atoms with Gasteiger partial charge in [0.15, 0.2) is 0 Å². The summed E-state index contributed by atoms with van der Waals surface area (Å²) in [6.45, 7) is 12.5. The molecule has 1 N–H and O–H groups in total. The number of aromatic carboxylic acids is 1. The highest BCUT2D eigenvalue weighted by Gasteiger charge is 2.06. The van der Waals surface area contributed by atoms with Crippen LogP contribution in [-0.4, -0.2) is 16.8 Å². The van der Waals surface area contributed by atoms with Crippen LogP contribution in [0.1, 0.15) is 115 Å². The molecule has 0 amide bonds. The third kappa shape index (κ3) is 13.5. The molecule has 1 aromatic carbocycles. The van der Waals surface area contributed by atoms with Crippen LogP contribution < -0.4 is 0 Å². The van der Waals surface area contributed by atoms with Crippen molar-refractivity contribution in [3.05, 3.63) is 29.3 Å². The second-order valence-corrected chi connectivity index (χ2v) is 8.17. The number of rotatable bonds is 6. The van der Waals surface area contributed by atoms with Crippen LogP contribution in [-0.2, 0) is 0 Å². The summed E-state index contributed by atoms with van der Waals surface area (Å²) < 4.78 is 0. The van der Waals surface area contributed by atoms with Crippen molar-refractivity contribution in [2.45, 2.75) is 106 Å². The Balaban J connectivity index is 0.000000437. The smallest absolute Gasteiger partial charge is 0.335 e. The van der Waals surface area contributed by atoms with E-state index in [2.05, 4.69) is 25.8 Å². The van der Waals surface area contributed by atoms with E-state index in [1.54, 1.807) is 18.2 Å². The first-order chi connectivity index (χ1) is 13.3. The Morgan fingerprint density at radius 2 is 1.61 bits per heavy atom. The highest BCUT2D eigenvalue weighted by atomic mass is 16.4. The van der Waals surface area contributed by atoms with Crippen LogP contribution in [0, 0.1) is 12.8 Å². The minimum Gasteiger partial charge on any atom is -0.478 e. The van der Waals surface area contributed by atoms with Gasteiger partial charge in [0.05, 0.1) is 11.3 Å². The maximum atomic E-state index is 10.7. The molecule has 0 aliphatic heterocycles. The molecular formula is C25H43NO2. The minimum absolute atomic E-state index is 0.274. The van der Waals surface area contributed by atoms with E-state index in [-0.39, 0.29) is 5.56 Å². The van der Waals surface area contributed by atoms with Crippen molar-refractivity contribution in [1.82, 2.24) is 0 Å². The van der Waals surface area contributed by atoms with E-state index in [4.69, 9.17) is 5.11 Å². The molecule has 3 nitrogen and oxygen atoms in total. The number of hydrogen-bond donors (Lipinski definition) is 1. The summed E-state index contributed by atoms with van der Waals surface area (Å²) in [5.41, 5.74) is 2.90. The summed E-state index contributed by atoms with van der Waals surface area (Å²) in [6.07, 6.45) is 14.4. The van der Waals surface area contributed by atoms with E-state index >= 15 is 0 Å². The van der Waals surface area contributed by atoms with Crippen molar-refractivity contribution < 1.29 is 9.90 Å². The first-order valence-corrected chi connectivity index (χ1v) is 11.2. The second-order valence-electron chi connectivity index (χ2n) is 8.17. The number of aliphatic imine (C=N–C) groups is 1. The number of carboxylic acid groups (broad SMARTS) is 1. The summed E-state index contributed by atoms with van der Waals surface area (Å²) in [5.74, 6) is 0.115. The summed E-state index contributed by atoms with van der Waals surface area (Å²) in [7, 11) is 0. The molecular weight excluding hydrogens is 346 g/mol. The standard InChI is InChI=1S/C11H13NO2.C7H14.C7H16/c1-7(2)12-10-6-9(11(13)14)5-4-8(10)3;1-7-5-3-2-4-6-7;1-3-5-7-6-4-2/h4-6H,1-3H3,(H,13,14);7H,2-6H2,1H3;3-7H2,1-2H3. The molecule has 1 fully saturated rings. The van der Waals surface area contributed by atoms with E-state index in [9.17, 15) is 4.79 Å². The summed E-state index contributed by atoms with van der Waals surface area (Å²) in [6, 6.07) is 4.94. The fourth-order valence-electron chi connectivity index (χ4n) is 3.09. The third-order valence-electron chi connectivity index (χ3n) is 4.90. The number of carbonyl (C=O) groups is 1. The Morgan fingerprint density at radius 3 is 2.00 bits per heavy atom. The molecule has 1 aliphatic carbocycles. The number of nitrogens with zero attached hydrogens (tertiary/aromatic N) is 1. The molecule has 0 heterocycles. The second kappa shape index (κ2) is 16.3. The first-order valence-electron chi connectivity index (χ1n) is 11.2. The lowest BCUT2D eigenvalue weighted by Crippen LogP contribution is -1.99. The van der Waals surface area contributed by atoms with E-state index in [1.165, 1.54) is 64.2 Å². The highest BCUT2D eigenvalue weighted by Crippen LogP contribution is 2.22. The van der Waals surface area contributed by atoms with Gasteiger partial charge in [-0.2, -0.15) is 0 Å². The maximum Gasteiger partial charge on any atom is 0.335 e. The zero-order valence-corrected chi connectivity index (χ0v) is 19.2. The minimum atomic E-state index is -0.921. The fraction of sp³-hybridized carbons (Fsp3) is 0.680. The van der Waals surface area contributed by atoms with Crippen molar-refractivity contribution in [2.24, 2.45) is 10.9 Å². The largest absolute Gasteiger partial charge is 0.478 e. The molecule has 3 heteroatoms. The normalized spacial score (nSPS) is 13.5. The number of carboxylic acids is 1. The topological polar surface area (TPSA) is 49.7 Å².